The Morgan fingerprint density at radius 1 is 1.33 bits per heavy atom. The van der Waals surface area contributed by atoms with Crippen LogP contribution in [-0.2, 0) is 11.2 Å². The maximum Gasteiger partial charge on any atom is 0.137 e. The lowest BCUT2D eigenvalue weighted by Crippen LogP contribution is -2.06. The second-order valence-corrected chi connectivity index (χ2v) is 4.89. The van der Waals surface area contributed by atoms with Crippen molar-refractivity contribution in [2.75, 3.05) is 0 Å². The highest BCUT2D eigenvalue weighted by atomic mass is 35.5. The molecule has 3 heteroatoms. The van der Waals surface area contributed by atoms with E-state index in [0.717, 1.165) is 5.56 Å². The highest BCUT2D eigenvalue weighted by Crippen LogP contribution is 2.22. The summed E-state index contributed by atoms with van der Waals surface area (Å²) in [7, 11) is 0. The number of carbonyl (C=O) groups is 1. The van der Waals surface area contributed by atoms with Gasteiger partial charge in [-0.1, -0.05) is 43.1 Å². The monoisotopic (exact) mass is 244 g/mol. The fourth-order valence-electron chi connectivity index (χ4n) is 1.40. The van der Waals surface area contributed by atoms with Crippen LogP contribution in [0.1, 0.15) is 25.8 Å². The molecule has 0 aliphatic heterocycles. The molecule has 0 saturated carbocycles. The van der Waals surface area contributed by atoms with Gasteiger partial charge >= 0.3 is 0 Å². The Morgan fingerprint density at radius 2 is 2.00 bits per heavy atom. The van der Waals surface area contributed by atoms with Crippen LogP contribution in [0.4, 0.5) is 0 Å². The van der Waals surface area contributed by atoms with Crippen molar-refractivity contribution in [2.24, 2.45) is 5.92 Å². The number of rotatable bonds is 4. The molecule has 0 aliphatic rings. The predicted molar refractivity (Wildman–Crippen MR) is 64.6 cm³/mol. The van der Waals surface area contributed by atoms with E-state index in [1.807, 2.05) is 19.9 Å². The maximum absolute atomic E-state index is 11.6. The molecule has 1 aromatic rings. The lowest BCUT2D eigenvalue weighted by Gasteiger charge is -2.06. The molecule has 1 rings (SSSR count). The molecular formula is C12H14Cl2O. The van der Waals surface area contributed by atoms with Crippen molar-refractivity contribution in [2.45, 2.75) is 26.7 Å². The van der Waals surface area contributed by atoms with Gasteiger partial charge in [0.2, 0.25) is 0 Å². The van der Waals surface area contributed by atoms with Gasteiger partial charge in [-0.2, -0.15) is 0 Å². The standard InChI is InChI=1S/C12H14Cl2O/c1-8(2)5-11(15)6-9-3-4-10(13)7-12(9)14/h3-4,7-8H,5-6H2,1-2H3. The fourth-order valence-corrected chi connectivity index (χ4v) is 1.88. The van der Waals surface area contributed by atoms with Crippen molar-refractivity contribution in [3.63, 3.8) is 0 Å². The van der Waals surface area contributed by atoms with Crippen molar-refractivity contribution >= 4 is 29.0 Å². The lowest BCUT2D eigenvalue weighted by molar-refractivity contribution is -0.119. The molecule has 0 aliphatic carbocycles. The molecular weight excluding hydrogens is 231 g/mol. The number of Topliss-reactive ketones (excluding diaryl/α,β-unsaturated/α-hetero) is 1. The van der Waals surface area contributed by atoms with E-state index in [1.54, 1.807) is 12.1 Å². The Hall–Kier alpha value is -0.530. The smallest absolute Gasteiger partial charge is 0.137 e. The first-order valence-corrected chi connectivity index (χ1v) is 5.70. The highest BCUT2D eigenvalue weighted by molar-refractivity contribution is 6.35. The number of hydrogen-bond donors (Lipinski definition) is 0. The highest BCUT2D eigenvalue weighted by Gasteiger charge is 2.09. The quantitative estimate of drug-likeness (QED) is 0.778. The Labute approximate surface area is 100 Å². The molecule has 0 radical (unpaired) electrons. The average molecular weight is 245 g/mol. The van der Waals surface area contributed by atoms with Crippen LogP contribution in [0.2, 0.25) is 10.0 Å². The third kappa shape index (κ3) is 4.23. The minimum Gasteiger partial charge on any atom is -0.299 e. The molecule has 1 aromatic carbocycles. The minimum absolute atomic E-state index is 0.217. The first-order valence-electron chi connectivity index (χ1n) is 4.94. The van der Waals surface area contributed by atoms with Crippen molar-refractivity contribution in [1.82, 2.24) is 0 Å². The molecule has 0 N–H and O–H groups in total. The topological polar surface area (TPSA) is 17.1 Å². The second kappa shape index (κ2) is 5.53. The molecule has 0 aromatic heterocycles. The molecule has 0 amide bonds. The Balaban J connectivity index is 2.68. The summed E-state index contributed by atoms with van der Waals surface area (Å²) in [4.78, 5) is 11.6. The number of carbonyl (C=O) groups excluding carboxylic acids is 1. The van der Waals surface area contributed by atoms with Gasteiger partial charge in [0.15, 0.2) is 0 Å². The largest absolute Gasteiger partial charge is 0.299 e. The first-order chi connectivity index (χ1) is 6.99. The van der Waals surface area contributed by atoms with E-state index in [1.165, 1.54) is 0 Å². The third-order valence-corrected chi connectivity index (χ3v) is 2.63. The van der Waals surface area contributed by atoms with Gasteiger partial charge in [-0.25, -0.2) is 0 Å². The Kier molecular flexibility index (Phi) is 4.62. The van der Waals surface area contributed by atoms with E-state index in [2.05, 4.69) is 0 Å². The van der Waals surface area contributed by atoms with Gasteiger partial charge in [0.1, 0.15) is 5.78 Å². The summed E-state index contributed by atoms with van der Waals surface area (Å²) in [6.07, 6.45) is 0.993. The Morgan fingerprint density at radius 3 is 2.53 bits per heavy atom. The van der Waals surface area contributed by atoms with Crippen LogP contribution in [0.5, 0.6) is 0 Å². The van der Waals surface area contributed by atoms with Crippen LogP contribution in [0.15, 0.2) is 18.2 Å². The van der Waals surface area contributed by atoms with Gasteiger partial charge in [0.25, 0.3) is 0 Å². The Bertz CT molecular complexity index is 359. The predicted octanol–water partition coefficient (Wildman–Crippen LogP) is 4.15. The van der Waals surface area contributed by atoms with Gasteiger partial charge in [0.05, 0.1) is 0 Å². The minimum atomic E-state index is 0.217. The molecule has 0 unspecified atom stereocenters. The summed E-state index contributed by atoms with van der Waals surface area (Å²) in [5, 5.41) is 1.17. The molecule has 0 saturated heterocycles. The number of benzene rings is 1. The molecule has 0 fully saturated rings. The van der Waals surface area contributed by atoms with Crippen LogP contribution < -0.4 is 0 Å². The summed E-state index contributed by atoms with van der Waals surface area (Å²) >= 11 is 11.7. The number of ketones is 1. The van der Waals surface area contributed by atoms with E-state index in [4.69, 9.17) is 23.2 Å². The van der Waals surface area contributed by atoms with Crippen LogP contribution in [0, 0.1) is 5.92 Å². The molecule has 82 valence electrons. The van der Waals surface area contributed by atoms with Gasteiger partial charge in [-0.3, -0.25) is 4.79 Å². The zero-order valence-corrected chi connectivity index (χ0v) is 10.4. The van der Waals surface area contributed by atoms with Gasteiger partial charge in [0, 0.05) is 22.9 Å². The van der Waals surface area contributed by atoms with Gasteiger partial charge in [-0.05, 0) is 23.6 Å². The van der Waals surface area contributed by atoms with E-state index in [-0.39, 0.29) is 5.78 Å². The molecule has 0 bridgehead atoms. The van der Waals surface area contributed by atoms with Crippen LogP contribution in [0.25, 0.3) is 0 Å². The number of halogens is 2. The van der Waals surface area contributed by atoms with Gasteiger partial charge in [-0.15, -0.1) is 0 Å². The van der Waals surface area contributed by atoms with Crippen molar-refractivity contribution in [3.05, 3.63) is 33.8 Å². The number of hydrogen-bond acceptors (Lipinski definition) is 1. The van der Waals surface area contributed by atoms with E-state index in [0.29, 0.717) is 28.8 Å². The molecule has 0 spiro atoms. The summed E-state index contributed by atoms with van der Waals surface area (Å²) < 4.78 is 0. The zero-order valence-electron chi connectivity index (χ0n) is 8.89. The van der Waals surface area contributed by atoms with E-state index < -0.39 is 0 Å². The molecule has 0 atom stereocenters. The normalized spacial score (nSPS) is 10.7. The van der Waals surface area contributed by atoms with Crippen molar-refractivity contribution in [1.29, 1.82) is 0 Å². The SMILES string of the molecule is CC(C)CC(=O)Cc1ccc(Cl)cc1Cl. The van der Waals surface area contributed by atoms with Gasteiger partial charge < -0.3 is 0 Å². The van der Waals surface area contributed by atoms with Crippen LogP contribution >= 0.6 is 23.2 Å². The summed E-state index contributed by atoms with van der Waals surface area (Å²) in [6.45, 7) is 4.06. The maximum atomic E-state index is 11.6. The molecule has 15 heavy (non-hydrogen) atoms. The summed E-state index contributed by atoms with van der Waals surface area (Å²) in [5.74, 6) is 0.609. The van der Waals surface area contributed by atoms with E-state index in [9.17, 15) is 4.79 Å². The molecule has 1 nitrogen and oxygen atoms in total. The summed E-state index contributed by atoms with van der Waals surface area (Å²) in [6, 6.07) is 5.23. The second-order valence-electron chi connectivity index (χ2n) is 4.05. The van der Waals surface area contributed by atoms with Crippen LogP contribution in [-0.4, -0.2) is 5.78 Å². The van der Waals surface area contributed by atoms with Crippen molar-refractivity contribution in [3.8, 4) is 0 Å². The first kappa shape index (κ1) is 12.5. The lowest BCUT2D eigenvalue weighted by atomic mass is 10.0. The summed E-state index contributed by atoms with van der Waals surface area (Å²) in [5.41, 5.74) is 0.853. The van der Waals surface area contributed by atoms with Crippen LogP contribution in [0.3, 0.4) is 0 Å². The average Bonchev–Trinajstić information content (AvgIpc) is 2.08. The fraction of sp³-hybridized carbons (Fsp3) is 0.417. The van der Waals surface area contributed by atoms with E-state index >= 15 is 0 Å². The molecule has 0 heterocycles. The van der Waals surface area contributed by atoms with Crippen molar-refractivity contribution < 1.29 is 4.79 Å². The third-order valence-electron chi connectivity index (χ3n) is 2.04. The zero-order chi connectivity index (χ0) is 11.4.